The van der Waals surface area contributed by atoms with E-state index in [9.17, 15) is 4.79 Å². The summed E-state index contributed by atoms with van der Waals surface area (Å²) in [4.78, 5) is 25.6. The lowest BCUT2D eigenvalue weighted by Crippen LogP contribution is -2.33. The van der Waals surface area contributed by atoms with Crippen molar-refractivity contribution in [1.29, 1.82) is 0 Å². The van der Waals surface area contributed by atoms with Crippen LogP contribution in [0, 0.1) is 13.8 Å². The Labute approximate surface area is 175 Å². The number of benzene rings is 1. The summed E-state index contributed by atoms with van der Waals surface area (Å²) < 4.78 is 5.51. The number of hydrogen-bond acceptors (Lipinski definition) is 5. The monoisotopic (exact) mass is 409 g/mol. The Kier molecular flexibility index (Phi) is 4.53. The zero-order valence-corrected chi connectivity index (χ0v) is 18.9. The van der Waals surface area contributed by atoms with Crippen LogP contribution in [0.5, 0.6) is 5.75 Å². The molecule has 2 aromatic heterocycles. The van der Waals surface area contributed by atoms with Gasteiger partial charge in [-0.25, -0.2) is 4.98 Å². The van der Waals surface area contributed by atoms with Gasteiger partial charge in [-0.05, 0) is 64.8 Å². The number of thioether (sulfide) groups is 1. The molecule has 1 aliphatic rings. The van der Waals surface area contributed by atoms with Gasteiger partial charge in [0.25, 0.3) is 0 Å². The molecule has 0 saturated carbocycles. The second-order valence-corrected chi connectivity index (χ2v) is 9.83. The molecular weight excluding hydrogens is 382 g/mol. The number of fused-ring (bicyclic) bond motifs is 2. The van der Waals surface area contributed by atoms with Crippen LogP contribution >= 0.6 is 11.8 Å². The number of ketones is 1. The molecule has 5 nitrogen and oxygen atoms in total. The topological polar surface area (TPSA) is 67.9 Å². The molecule has 0 radical (unpaired) electrons. The number of aromatic nitrogens is 3. The maximum absolute atomic E-state index is 12.9. The van der Waals surface area contributed by atoms with E-state index in [-0.39, 0.29) is 5.78 Å². The second-order valence-electron chi connectivity index (χ2n) is 8.87. The zero-order valence-electron chi connectivity index (χ0n) is 18.1. The van der Waals surface area contributed by atoms with Crippen molar-refractivity contribution in [2.24, 2.45) is 0 Å². The summed E-state index contributed by atoms with van der Waals surface area (Å²) >= 11 is 1.62. The van der Waals surface area contributed by atoms with E-state index in [4.69, 9.17) is 9.72 Å². The first-order valence-electron chi connectivity index (χ1n) is 9.79. The number of ether oxygens (including phenoxy) is 1. The van der Waals surface area contributed by atoms with E-state index in [1.807, 2.05) is 47.7 Å². The highest BCUT2D eigenvalue weighted by Gasteiger charge is 2.50. The summed E-state index contributed by atoms with van der Waals surface area (Å²) in [6.45, 7) is 12.1. The van der Waals surface area contributed by atoms with Crippen molar-refractivity contribution < 1.29 is 9.53 Å². The van der Waals surface area contributed by atoms with Crippen LogP contribution in [0.3, 0.4) is 0 Å². The highest BCUT2D eigenvalue weighted by Crippen LogP contribution is 2.47. The van der Waals surface area contributed by atoms with E-state index >= 15 is 0 Å². The van der Waals surface area contributed by atoms with Crippen LogP contribution in [0.4, 0.5) is 0 Å². The van der Waals surface area contributed by atoms with Gasteiger partial charge in [-0.15, -0.1) is 0 Å². The van der Waals surface area contributed by atoms with Gasteiger partial charge in [0, 0.05) is 33.9 Å². The Morgan fingerprint density at radius 3 is 2.41 bits per heavy atom. The predicted octanol–water partition coefficient (Wildman–Crippen LogP) is 5.01. The number of H-pyrrole nitrogens is 1. The fraction of sp³-hybridized carbons (Fsp3) is 0.435. The van der Waals surface area contributed by atoms with Crippen molar-refractivity contribution in [3.05, 3.63) is 46.3 Å². The standard InChI is InChI=1S/C23H27N3O2S/c1-12-10-24-18(13(2)19(12)28-7)11-29-21-25-16-8-14-15(9-17(16)26-21)23(5,6)20(27)22(14,3)4/h8-10H,11H2,1-7H3,(H,25,26). The lowest BCUT2D eigenvalue weighted by atomic mass is 9.80. The molecule has 0 saturated heterocycles. The molecule has 0 amide bonds. The van der Waals surface area contributed by atoms with E-state index in [1.54, 1.807) is 18.9 Å². The summed E-state index contributed by atoms with van der Waals surface area (Å²) in [7, 11) is 1.69. The number of aryl methyl sites for hydroxylation is 1. The number of carbonyl (C=O) groups excluding carboxylic acids is 1. The third kappa shape index (κ3) is 2.96. The van der Waals surface area contributed by atoms with Crippen LogP contribution in [0.2, 0.25) is 0 Å². The number of carbonyl (C=O) groups is 1. The SMILES string of the molecule is COc1c(C)cnc(CSc2nc3cc4c(cc3[nH]2)C(C)(C)C(=O)C4(C)C)c1C. The summed E-state index contributed by atoms with van der Waals surface area (Å²) in [5.74, 6) is 1.86. The highest BCUT2D eigenvalue weighted by molar-refractivity contribution is 7.98. The van der Waals surface area contributed by atoms with Crippen molar-refractivity contribution in [1.82, 2.24) is 15.0 Å². The molecule has 3 aromatic rings. The number of pyridine rings is 1. The van der Waals surface area contributed by atoms with Gasteiger partial charge >= 0.3 is 0 Å². The van der Waals surface area contributed by atoms with Crippen LogP contribution in [0.25, 0.3) is 11.0 Å². The molecule has 0 atom stereocenters. The summed E-state index contributed by atoms with van der Waals surface area (Å²) in [5, 5.41) is 0.853. The van der Waals surface area contributed by atoms with Gasteiger partial charge in [-0.3, -0.25) is 9.78 Å². The first kappa shape index (κ1) is 20.0. The number of hydrogen-bond donors (Lipinski definition) is 1. The van der Waals surface area contributed by atoms with E-state index in [1.165, 1.54) is 0 Å². The third-order valence-electron chi connectivity index (χ3n) is 6.18. The lowest BCUT2D eigenvalue weighted by molar-refractivity contribution is -0.126. The Hall–Kier alpha value is -2.34. The smallest absolute Gasteiger partial charge is 0.166 e. The number of aromatic amines is 1. The fourth-order valence-electron chi connectivity index (χ4n) is 4.52. The van der Waals surface area contributed by atoms with Crippen molar-refractivity contribution >= 4 is 28.6 Å². The van der Waals surface area contributed by atoms with Gasteiger partial charge in [0.2, 0.25) is 0 Å². The van der Waals surface area contributed by atoms with Crippen molar-refractivity contribution in [3.8, 4) is 5.75 Å². The molecule has 2 heterocycles. The van der Waals surface area contributed by atoms with Crippen molar-refractivity contribution in [3.63, 3.8) is 0 Å². The lowest BCUT2D eigenvalue weighted by Gasteiger charge is -2.21. The largest absolute Gasteiger partial charge is 0.496 e. The quantitative estimate of drug-likeness (QED) is 0.613. The third-order valence-corrected chi connectivity index (χ3v) is 7.06. The van der Waals surface area contributed by atoms with E-state index < -0.39 is 10.8 Å². The van der Waals surface area contributed by atoms with Gasteiger partial charge < -0.3 is 9.72 Å². The number of nitrogens with zero attached hydrogens (tertiary/aromatic N) is 2. The van der Waals surface area contributed by atoms with Gasteiger partial charge in [-0.1, -0.05) is 11.8 Å². The minimum Gasteiger partial charge on any atom is -0.496 e. The first-order valence-corrected chi connectivity index (χ1v) is 10.8. The van der Waals surface area contributed by atoms with E-state index in [0.29, 0.717) is 5.75 Å². The Balaban J connectivity index is 1.66. The molecule has 0 fully saturated rings. The highest BCUT2D eigenvalue weighted by atomic mass is 32.2. The number of Topliss-reactive ketones (excluding diaryl/α,β-unsaturated/α-hetero) is 1. The number of imidazole rings is 1. The second kappa shape index (κ2) is 6.59. The molecule has 29 heavy (non-hydrogen) atoms. The van der Waals surface area contributed by atoms with E-state index in [2.05, 4.69) is 22.1 Å². The molecule has 1 N–H and O–H groups in total. The number of rotatable bonds is 4. The Morgan fingerprint density at radius 2 is 1.76 bits per heavy atom. The molecule has 0 unspecified atom stereocenters. The van der Waals surface area contributed by atoms with Gasteiger partial charge in [0.05, 0.1) is 23.8 Å². The zero-order chi connectivity index (χ0) is 21.1. The minimum atomic E-state index is -0.487. The van der Waals surface area contributed by atoms with Crippen LogP contribution in [-0.4, -0.2) is 27.8 Å². The maximum Gasteiger partial charge on any atom is 0.166 e. The molecule has 6 heteroatoms. The normalized spacial score (nSPS) is 17.0. The van der Waals surface area contributed by atoms with Crippen LogP contribution < -0.4 is 4.74 Å². The van der Waals surface area contributed by atoms with Crippen LogP contribution in [0.15, 0.2) is 23.5 Å². The molecule has 0 bridgehead atoms. The van der Waals surface area contributed by atoms with Gasteiger partial charge in [0.1, 0.15) is 5.75 Å². The molecule has 0 spiro atoms. The number of nitrogens with one attached hydrogen (secondary N) is 1. The van der Waals surface area contributed by atoms with Crippen LogP contribution in [0.1, 0.15) is 55.6 Å². The predicted molar refractivity (Wildman–Crippen MR) is 117 cm³/mol. The molecular formula is C23H27N3O2S. The molecule has 4 rings (SSSR count). The molecule has 1 aliphatic carbocycles. The van der Waals surface area contributed by atoms with Gasteiger partial charge in [-0.2, -0.15) is 0 Å². The molecule has 1 aromatic carbocycles. The Morgan fingerprint density at radius 1 is 1.10 bits per heavy atom. The minimum absolute atomic E-state index is 0.261. The Bertz CT molecular complexity index is 1090. The average Bonchev–Trinajstić information content (AvgIpc) is 3.12. The maximum atomic E-state index is 12.9. The summed E-state index contributed by atoms with van der Waals surface area (Å²) in [6.07, 6.45) is 1.85. The average molecular weight is 410 g/mol. The van der Waals surface area contributed by atoms with E-state index in [0.717, 1.165) is 49.9 Å². The van der Waals surface area contributed by atoms with Crippen LogP contribution in [-0.2, 0) is 21.4 Å². The van der Waals surface area contributed by atoms with Crippen molar-refractivity contribution in [2.75, 3.05) is 7.11 Å². The number of methoxy groups -OCH3 is 1. The van der Waals surface area contributed by atoms with Gasteiger partial charge in [0.15, 0.2) is 10.9 Å². The summed E-state index contributed by atoms with van der Waals surface area (Å²) in [6, 6.07) is 4.18. The molecule has 0 aliphatic heterocycles. The first-order chi connectivity index (χ1) is 13.6. The summed E-state index contributed by atoms with van der Waals surface area (Å²) in [5.41, 5.74) is 6.18. The fourth-order valence-corrected chi connectivity index (χ4v) is 5.42. The molecule has 152 valence electrons. The van der Waals surface area contributed by atoms with Crippen molar-refractivity contribution in [2.45, 2.75) is 63.3 Å².